The highest BCUT2D eigenvalue weighted by Gasteiger charge is 2.48. The summed E-state index contributed by atoms with van der Waals surface area (Å²) in [5.41, 5.74) is 0. The number of carbonyl (C=O) groups excluding carboxylic acids is 1. The van der Waals surface area contributed by atoms with Gasteiger partial charge in [0.15, 0.2) is 6.29 Å². The highest BCUT2D eigenvalue weighted by Crippen LogP contribution is 2.26. The molecule has 4 N–H and O–H groups in total. The van der Waals surface area contributed by atoms with Crippen LogP contribution in [0, 0.1) is 0 Å². The molecule has 0 bridgehead atoms. The molecule has 13 heteroatoms. The van der Waals surface area contributed by atoms with Crippen LogP contribution in [0.4, 0.5) is 0 Å². The monoisotopic (exact) mass is 746 g/mol. The molecule has 0 amide bonds. The molecular formula is C38H66O12S. The molecule has 1 heterocycles. The van der Waals surface area contributed by atoms with Crippen molar-refractivity contribution in [2.75, 3.05) is 26.4 Å². The van der Waals surface area contributed by atoms with Gasteiger partial charge in [-0.1, -0.05) is 114 Å². The van der Waals surface area contributed by atoms with Gasteiger partial charge in [0.25, 0.3) is 0 Å². The predicted octanol–water partition coefficient (Wildman–Crippen LogP) is 6.45. The Hall–Kier alpha value is -1.94. The number of ether oxygens (including phenoxy) is 4. The second-order valence-corrected chi connectivity index (χ2v) is 13.8. The highest BCUT2D eigenvalue weighted by molar-refractivity contribution is 7.80. The Bertz CT molecular complexity index is 1090. The maximum absolute atomic E-state index is 12.3. The number of allylic oxidation sites excluding steroid dienone is 8. The van der Waals surface area contributed by atoms with E-state index in [1.54, 1.807) is 0 Å². The highest BCUT2D eigenvalue weighted by atomic mass is 32.3. The molecule has 1 aliphatic rings. The molecule has 6 atom stereocenters. The van der Waals surface area contributed by atoms with Gasteiger partial charge in [-0.25, -0.2) is 4.18 Å². The fraction of sp³-hybridized carbons (Fsp3) is 0.763. The van der Waals surface area contributed by atoms with E-state index in [9.17, 15) is 28.5 Å². The zero-order chi connectivity index (χ0) is 37.6. The number of unbranched alkanes of at least 4 members (excludes halogenated alkanes) is 10. The lowest BCUT2D eigenvalue weighted by Crippen LogP contribution is -2.60. The van der Waals surface area contributed by atoms with Gasteiger partial charge in [0.1, 0.15) is 30.5 Å². The van der Waals surface area contributed by atoms with Gasteiger partial charge in [-0.2, -0.15) is 8.42 Å². The van der Waals surface area contributed by atoms with Crippen molar-refractivity contribution in [1.29, 1.82) is 0 Å². The van der Waals surface area contributed by atoms with Crippen LogP contribution in [-0.4, -0.2) is 97.5 Å². The summed E-state index contributed by atoms with van der Waals surface area (Å²) in [7, 11) is -5.05. The summed E-state index contributed by atoms with van der Waals surface area (Å²) >= 11 is 0. The first kappa shape index (κ1) is 47.1. The van der Waals surface area contributed by atoms with Crippen LogP contribution in [0.3, 0.4) is 0 Å². The van der Waals surface area contributed by atoms with E-state index in [1.807, 2.05) is 6.92 Å². The predicted molar refractivity (Wildman–Crippen MR) is 197 cm³/mol. The third-order valence-corrected chi connectivity index (χ3v) is 8.68. The van der Waals surface area contributed by atoms with Gasteiger partial charge >= 0.3 is 16.4 Å². The molecule has 1 fully saturated rings. The van der Waals surface area contributed by atoms with Gasteiger partial charge in [0.05, 0.1) is 19.8 Å². The van der Waals surface area contributed by atoms with E-state index >= 15 is 0 Å². The van der Waals surface area contributed by atoms with E-state index in [-0.39, 0.29) is 19.6 Å². The smallest absolute Gasteiger partial charge is 0.397 e. The van der Waals surface area contributed by atoms with Crippen LogP contribution < -0.4 is 0 Å². The van der Waals surface area contributed by atoms with Gasteiger partial charge in [0.2, 0.25) is 0 Å². The maximum atomic E-state index is 12.3. The van der Waals surface area contributed by atoms with Gasteiger partial charge in [-0.3, -0.25) is 9.35 Å². The molecule has 0 saturated carbocycles. The van der Waals surface area contributed by atoms with Crippen molar-refractivity contribution in [1.82, 2.24) is 0 Å². The third-order valence-electron chi connectivity index (χ3n) is 8.22. The largest absolute Gasteiger partial charge is 0.457 e. The van der Waals surface area contributed by atoms with Crippen molar-refractivity contribution < 1.29 is 56.2 Å². The molecule has 296 valence electrons. The molecule has 0 radical (unpaired) electrons. The number of aliphatic hydroxyl groups is 3. The Morgan fingerprint density at radius 2 is 1.33 bits per heavy atom. The summed E-state index contributed by atoms with van der Waals surface area (Å²) in [6, 6.07) is 0. The van der Waals surface area contributed by atoms with Gasteiger partial charge in [0, 0.05) is 13.0 Å². The third kappa shape index (κ3) is 24.8. The van der Waals surface area contributed by atoms with E-state index in [0.717, 1.165) is 57.8 Å². The van der Waals surface area contributed by atoms with Crippen LogP contribution in [0.15, 0.2) is 48.6 Å². The average molecular weight is 747 g/mol. The lowest BCUT2D eigenvalue weighted by Gasteiger charge is -2.41. The van der Waals surface area contributed by atoms with Gasteiger partial charge in [-0.15, -0.1) is 0 Å². The quantitative estimate of drug-likeness (QED) is 0.0264. The Morgan fingerprint density at radius 1 is 0.765 bits per heavy atom. The van der Waals surface area contributed by atoms with Crippen LogP contribution >= 0.6 is 0 Å². The second kappa shape index (κ2) is 30.5. The van der Waals surface area contributed by atoms with E-state index < -0.39 is 59.8 Å². The summed E-state index contributed by atoms with van der Waals surface area (Å²) in [6.45, 7) is 3.56. The molecule has 0 aliphatic carbocycles. The number of esters is 1. The average Bonchev–Trinajstić information content (AvgIpc) is 3.10. The molecule has 1 aliphatic heterocycles. The number of carbonyl (C=O) groups is 1. The molecule has 51 heavy (non-hydrogen) atoms. The van der Waals surface area contributed by atoms with Crippen LogP contribution in [0.5, 0.6) is 0 Å². The van der Waals surface area contributed by atoms with Crippen LogP contribution in [0.1, 0.15) is 123 Å². The maximum Gasteiger partial charge on any atom is 0.397 e. The van der Waals surface area contributed by atoms with Crippen molar-refractivity contribution in [2.24, 2.45) is 0 Å². The molecule has 0 aromatic carbocycles. The van der Waals surface area contributed by atoms with E-state index in [0.29, 0.717) is 13.0 Å². The Morgan fingerprint density at radius 3 is 1.90 bits per heavy atom. The van der Waals surface area contributed by atoms with Crippen LogP contribution in [0.2, 0.25) is 0 Å². The minimum atomic E-state index is -5.05. The minimum absolute atomic E-state index is 0.0264. The van der Waals surface area contributed by atoms with Crippen molar-refractivity contribution in [2.45, 2.75) is 160 Å². The lowest BCUT2D eigenvalue weighted by molar-refractivity contribution is -0.301. The van der Waals surface area contributed by atoms with E-state index in [2.05, 4.69) is 59.7 Å². The van der Waals surface area contributed by atoms with Crippen molar-refractivity contribution in [3.8, 4) is 0 Å². The van der Waals surface area contributed by atoms with Crippen molar-refractivity contribution in [3.63, 3.8) is 0 Å². The summed E-state index contributed by atoms with van der Waals surface area (Å²) < 4.78 is 58.1. The lowest BCUT2D eigenvalue weighted by atomic mass is 9.99. The molecule has 6 unspecified atom stereocenters. The first-order valence-corrected chi connectivity index (χ1v) is 20.3. The fourth-order valence-electron chi connectivity index (χ4n) is 5.35. The molecule has 0 aromatic heterocycles. The molecule has 1 rings (SSSR count). The number of hydrogen-bond acceptors (Lipinski definition) is 11. The summed E-state index contributed by atoms with van der Waals surface area (Å²) in [5.74, 6) is -0.440. The summed E-state index contributed by atoms with van der Waals surface area (Å²) in [6.07, 6.45) is 25.8. The molecule has 0 aromatic rings. The number of rotatable bonds is 31. The Labute approximate surface area is 306 Å². The van der Waals surface area contributed by atoms with E-state index in [1.165, 1.54) is 38.5 Å². The van der Waals surface area contributed by atoms with Crippen molar-refractivity contribution in [3.05, 3.63) is 48.6 Å². The second-order valence-electron chi connectivity index (χ2n) is 12.8. The zero-order valence-electron chi connectivity index (χ0n) is 30.9. The molecule has 0 spiro atoms. The number of hydrogen-bond donors (Lipinski definition) is 4. The van der Waals surface area contributed by atoms with Gasteiger partial charge < -0.3 is 34.3 Å². The minimum Gasteiger partial charge on any atom is -0.457 e. The van der Waals surface area contributed by atoms with Gasteiger partial charge in [-0.05, 0) is 51.4 Å². The fourth-order valence-corrected chi connectivity index (χ4v) is 5.85. The standard InChI is InChI=1S/C38H66O12S/c1-3-5-7-8-9-10-11-12-13-14-15-16-17-18-19-20-21-22-23-24-25-26-28-46-30-32(48-34(40)27-6-4-2)31-47-38-36(42)37(50-51(43,44)45)35(41)33(29-39)49-38/h5,7,9-10,12-13,15-16,32-33,35-39,41-42H,3-4,6,8,11,14,17-31H2,1-2H3,(H,43,44,45)/b7-5-,10-9-,13-12-,16-15-. The summed E-state index contributed by atoms with van der Waals surface area (Å²) in [5, 5.41) is 30.3. The van der Waals surface area contributed by atoms with E-state index in [4.69, 9.17) is 23.5 Å². The van der Waals surface area contributed by atoms with Crippen LogP contribution in [0.25, 0.3) is 0 Å². The molecule has 12 nitrogen and oxygen atoms in total. The number of aliphatic hydroxyl groups excluding tert-OH is 3. The first-order chi connectivity index (χ1) is 24.6. The SMILES string of the molecule is CC/C=C\C/C=C\C/C=C\C/C=C\CCCCCCCCCCCOCC(COC1OC(CO)C(O)C(OS(=O)(=O)O)C1O)OC(=O)CCCC. The molecule has 1 saturated heterocycles. The topological polar surface area (TPSA) is 178 Å². The Balaban J connectivity index is 2.24. The first-order valence-electron chi connectivity index (χ1n) is 18.9. The summed E-state index contributed by atoms with van der Waals surface area (Å²) in [4.78, 5) is 12.3. The zero-order valence-corrected chi connectivity index (χ0v) is 31.7. The van der Waals surface area contributed by atoms with Crippen LogP contribution in [-0.2, 0) is 38.3 Å². The normalized spacial score (nSPS) is 22.2. The van der Waals surface area contributed by atoms with Crippen molar-refractivity contribution >= 4 is 16.4 Å². The Kier molecular flexibility index (Phi) is 28.2. The molecular weight excluding hydrogens is 680 g/mol.